The number of aliphatic hydroxyl groups is 1. The molecule has 0 aliphatic carbocycles. The minimum Gasteiger partial charge on any atom is -0.481 e. The van der Waals surface area contributed by atoms with Gasteiger partial charge in [-0.3, -0.25) is 9.69 Å². The number of carbonyl (C=O) groups is 2. The second kappa shape index (κ2) is 8.26. The van der Waals surface area contributed by atoms with Crippen molar-refractivity contribution >= 4 is 17.7 Å². The SMILES string of the molecule is CC(CO)N(C)C(=O)N(CCCC(=O)O)c1ccccc1. The van der Waals surface area contributed by atoms with E-state index in [1.165, 1.54) is 9.80 Å². The van der Waals surface area contributed by atoms with Gasteiger partial charge in [0, 0.05) is 25.7 Å². The molecule has 0 radical (unpaired) electrons. The second-order valence-electron chi connectivity index (χ2n) is 4.91. The number of nitrogens with zero attached hydrogens (tertiary/aromatic N) is 2. The van der Waals surface area contributed by atoms with Gasteiger partial charge >= 0.3 is 12.0 Å². The molecule has 1 rings (SSSR count). The maximum atomic E-state index is 12.5. The molecule has 2 amide bonds. The summed E-state index contributed by atoms with van der Waals surface area (Å²) in [5.74, 6) is -0.882. The van der Waals surface area contributed by atoms with Crippen LogP contribution in [0.4, 0.5) is 10.5 Å². The fourth-order valence-corrected chi connectivity index (χ4v) is 1.83. The summed E-state index contributed by atoms with van der Waals surface area (Å²) in [5, 5.41) is 17.9. The molecule has 0 aliphatic rings. The Hall–Kier alpha value is -2.08. The lowest BCUT2D eigenvalue weighted by Crippen LogP contribution is -2.47. The van der Waals surface area contributed by atoms with Crippen LogP contribution >= 0.6 is 0 Å². The van der Waals surface area contributed by atoms with Crippen LogP contribution in [0.1, 0.15) is 19.8 Å². The lowest BCUT2D eigenvalue weighted by atomic mass is 10.2. The standard InChI is InChI=1S/C15H22N2O4/c1-12(11-18)16(2)15(21)17(10-6-9-14(19)20)13-7-4-3-5-8-13/h3-5,7-8,12,18H,6,9-11H2,1-2H3,(H,19,20). The maximum absolute atomic E-state index is 12.5. The Morgan fingerprint density at radius 1 is 1.24 bits per heavy atom. The fourth-order valence-electron chi connectivity index (χ4n) is 1.83. The summed E-state index contributed by atoms with van der Waals surface area (Å²) < 4.78 is 0. The van der Waals surface area contributed by atoms with Gasteiger partial charge < -0.3 is 15.1 Å². The molecular weight excluding hydrogens is 272 g/mol. The Labute approximate surface area is 124 Å². The van der Waals surface area contributed by atoms with E-state index in [-0.39, 0.29) is 25.1 Å². The number of amides is 2. The molecule has 21 heavy (non-hydrogen) atoms. The molecular formula is C15H22N2O4. The number of para-hydroxylation sites is 1. The van der Waals surface area contributed by atoms with Gasteiger partial charge in [-0.25, -0.2) is 4.79 Å². The van der Waals surface area contributed by atoms with Crippen LogP contribution in [0.5, 0.6) is 0 Å². The van der Waals surface area contributed by atoms with E-state index >= 15 is 0 Å². The van der Waals surface area contributed by atoms with E-state index < -0.39 is 5.97 Å². The summed E-state index contributed by atoms with van der Waals surface area (Å²) in [6.07, 6.45) is 0.382. The number of carboxylic acids is 1. The van der Waals surface area contributed by atoms with Crippen LogP contribution in [0.25, 0.3) is 0 Å². The van der Waals surface area contributed by atoms with Crippen molar-refractivity contribution in [2.24, 2.45) is 0 Å². The zero-order chi connectivity index (χ0) is 15.8. The number of hydrogen-bond donors (Lipinski definition) is 2. The largest absolute Gasteiger partial charge is 0.481 e. The molecule has 0 bridgehead atoms. The van der Waals surface area contributed by atoms with E-state index in [9.17, 15) is 9.59 Å². The number of urea groups is 1. The van der Waals surface area contributed by atoms with Gasteiger partial charge in [0.25, 0.3) is 0 Å². The quantitative estimate of drug-likeness (QED) is 0.803. The Kier molecular flexibility index (Phi) is 6.68. The first-order chi connectivity index (χ1) is 9.97. The summed E-state index contributed by atoms with van der Waals surface area (Å²) in [4.78, 5) is 26.1. The molecule has 0 saturated carbocycles. The van der Waals surface area contributed by atoms with Crippen LogP contribution < -0.4 is 4.90 Å². The van der Waals surface area contributed by atoms with Gasteiger partial charge in [0.1, 0.15) is 0 Å². The molecule has 6 nitrogen and oxygen atoms in total. The first kappa shape index (κ1) is 17.0. The van der Waals surface area contributed by atoms with Crippen LogP contribution in [0.15, 0.2) is 30.3 Å². The van der Waals surface area contributed by atoms with E-state index in [0.29, 0.717) is 18.7 Å². The maximum Gasteiger partial charge on any atom is 0.324 e. The Morgan fingerprint density at radius 3 is 2.38 bits per heavy atom. The van der Waals surface area contributed by atoms with Crippen molar-refractivity contribution in [1.82, 2.24) is 4.90 Å². The lowest BCUT2D eigenvalue weighted by molar-refractivity contribution is -0.137. The third-order valence-electron chi connectivity index (χ3n) is 3.30. The zero-order valence-electron chi connectivity index (χ0n) is 12.4. The molecule has 0 fully saturated rings. The van der Waals surface area contributed by atoms with E-state index in [0.717, 1.165) is 0 Å². The van der Waals surface area contributed by atoms with Gasteiger partial charge in [-0.05, 0) is 25.5 Å². The normalized spacial score (nSPS) is 11.8. The zero-order valence-corrected chi connectivity index (χ0v) is 12.4. The third-order valence-corrected chi connectivity index (χ3v) is 3.30. The number of carbonyl (C=O) groups excluding carboxylic acids is 1. The van der Waals surface area contributed by atoms with Crippen molar-refractivity contribution in [3.05, 3.63) is 30.3 Å². The predicted octanol–water partition coefficient (Wildman–Crippen LogP) is 1.79. The lowest BCUT2D eigenvalue weighted by Gasteiger charge is -2.31. The molecule has 0 spiro atoms. The van der Waals surface area contributed by atoms with Crippen molar-refractivity contribution < 1.29 is 19.8 Å². The number of aliphatic hydroxyl groups excluding tert-OH is 1. The van der Waals surface area contributed by atoms with Crippen LogP contribution in [0, 0.1) is 0 Å². The smallest absolute Gasteiger partial charge is 0.324 e. The van der Waals surface area contributed by atoms with Crippen LogP contribution in [0.2, 0.25) is 0 Å². The van der Waals surface area contributed by atoms with E-state index in [1.54, 1.807) is 26.1 Å². The van der Waals surface area contributed by atoms with Gasteiger partial charge in [0.05, 0.1) is 12.6 Å². The highest BCUT2D eigenvalue weighted by molar-refractivity contribution is 5.92. The topological polar surface area (TPSA) is 81.1 Å². The van der Waals surface area contributed by atoms with Crippen molar-refractivity contribution in [2.75, 3.05) is 25.1 Å². The molecule has 1 unspecified atom stereocenters. The number of likely N-dealkylation sites (N-methyl/N-ethyl adjacent to an activating group) is 1. The van der Waals surface area contributed by atoms with Crippen LogP contribution in [0.3, 0.4) is 0 Å². The van der Waals surface area contributed by atoms with E-state index in [1.807, 2.05) is 18.2 Å². The molecule has 0 heterocycles. The summed E-state index contributed by atoms with van der Waals surface area (Å²) in [6.45, 7) is 1.94. The second-order valence-corrected chi connectivity index (χ2v) is 4.91. The van der Waals surface area contributed by atoms with Gasteiger partial charge in [-0.2, -0.15) is 0 Å². The summed E-state index contributed by atoms with van der Waals surface area (Å²) in [6, 6.07) is 8.54. The van der Waals surface area contributed by atoms with Crippen molar-refractivity contribution in [1.29, 1.82) is 0 Å². The number of anilines is 1. The van der Waals surface area contributed by atoms with Gasteiger partial charge in [0.2, 0.25) is 0 Å². The van der Waals surface area contributed by atoms with E-state index in [4.69, 9.17) is 10.2 Å². The highest BCUT2D eigenvalue weighted by atomic mass is 16.4. The molecule has 2 N–H and O–H groups in total. The predicted molar refractivity (Wildman–Crippen MR) is 80.4 cm³/mol. The summed E-state index contributed by atoms with van der Waals surface area (Å²) in [5.41, 5.74) is 0.713. The summed E-state index contributed by atoms with van der Waals surface area (Å²) in [7, 11) is 1.62. The fraction of sp³-hybridized carbons (Fsp3) is 0.467. The first-order valence-corrected chi connectivity index (χ1v) is 6.89. The van der Waals surface area contributed by atoms with Crippen molar-refractivity contribution in [3.8, 4) is 0 Å². The molecule has 0 aliphatic heterocycles. The number of hydrogen-bond acceptors (Lipinski definition) is 3. The number of rotatable bonds is 7. The number of carboxylic acid groups (broad SMARTS) is 1. The molecule has 0 saturated heterocycles. The highest BCUT2D eigenvalue weighted by Crippen LogP contribution is 2.17. The average Bonchev–Trinajstić information content (AvgIpc) is 2.50. The van der Waals surface area contributed by atoms with Crippen molar-refractivity contribution in [3.63, 3.8) is 0 Å². The molecule has 1 aromatic carbocycles. The molecule has 6 heteroatoms. The van der Waals surface area contributed by atoms with Gasteiger partial charge in [-0.1, -0.05) is 18.2 Å². The van der Waals surface area contributed by atoms with Gasteiger partial charge in [0.15, 0.2) is 0 Å². The number of aliphatic carboxylic acids is 1. The molecule has 116 valence electrons. The minimum absolute atomic E-state index is 0.00980. The van der Waals surface area contributed by atoms with E-state index in [2.05, 4.69) is 0 Å². The molecule has 1 aromatic rings. The van der Waals surface area contributed by atoms with Gasteiger partial charge in [-0.15, -0.1) is 0 Å². The average molecular weight is 294 g/mol. The van der Waals surface area contributed by atoms with Crippen LogP contribution in [-0.4, -0.2) is 53.4 Å². The molecule has 0 aromatic heterocycles. The van der Waals surface area contributed by atoms with Crippen molar-refractivity contribution in [2.45, 2.75) is 25.8 Å². The summed E-state index contributed by atoms with van der Waals surface area (Å²) >= 11 is 0. The Balaban J connectivity index is 2.86. The van der Waals surface area contributed by atoms with Crippen LogP contribution in [-0.2, 0) is 4.79 Å². The highest BCUT2D eigenvalue weighted by Gasteiger charge is 2.22. The third kappa shape index (κ3) is 5.07. The minimum atomic E-state index is -0.882. The monoisotopic (exact) mass is 294 g/mol. The Morgan fingerprint density at radius 2 is 1.86 bits per heavy atom. The first-order valence-electron chi connectivity index (χ1n) is 6.89. The Bertz CT molecular complexity index is 464. The molecule has 1 atom stereocenters. The number of benzene rings is 1.